The van der Waals surface area contributed by atoms with E-state index in [-0.39, 0.29) is 12.0 Å². The fourth-order valence-electron chi connectivity index (χ4n) is 4.51. The summed E-state index contributed by atoms with van der Waals surface area (Å²) in [6, 6.07) is 5.51. The molecule has 0 bridgehead atoms. The summed E-state index contributed by atoms with van der Waals surface area (Å²) in [6.07, 6.45) is 5.09. The minimum Gasteiger partial charge on any atom is -0.493 e. The Morgan fingerprint density at radius 1 is 0.949 bits per heavy atom. The number of rotatable bonds is 8. The lowest BCUT2D eigenvalue weighted by Gasteiger charge is -2.35. The van der Waals surface area contributed by atoms with Crippen LogP contribution >= 0.6 is 0 Å². The first-order valence-corrected chi connectivity index (χ1v) is 12.9. The number of amides is 2. The van der Waals surface area contributed by atoms with Gasteiger partial charge >= 0.3 is 6.09 Å². The maximum Gasteiger partial charge on any atom is 0.410 e. The lowest BCUT2D eigenvalue weighted by Crippen LogP contribution is -2.51. The van der Waals surface area contributed by atoms with Gasteiger partial charge in [-0.2, -0.15) is 0 Å². The molecule has 0 aliphatic carbocycles. The van der Waals surface area contributed by atoms with Gasteiger partial charge in [0.15, 0.2) is 11.5 Å². The maximum absolute atomic E-state index is 13.3. The van der Waals surface area contributed by atoms with Crippen molar-refractivity contribution in [1.29, 1.82) is 0 Å². The number of ether oxygens (including phenoxy) is 4. The number of nitrogens with zero attached hydrogens (tertiary/aromatic N) is 4. The van der Waals surface area contributed by atoms with Crippen LogP contribution in [-0.2, 0) is 4.74 Å². The molecule has 4 rings (SSSR count). The molecule has 3 heterocycles. The number of methoxy groups -OCH3 is 3. The number of fused-ring (bicyclic) bond motifs is 1. The van der Waals surface area contributed by atoms with E-state index in [9.17, 15) is 9.59 Å². The second kappa shape index (κ2) is 11.8. The van der Waals surface area contributed by atoms with Gasteiger partial charge in [-0.1, -0.05) is 0 Å². The topological polar surface area (TPSA) is 107 Å². The van der Waals surface area contributed by atoms with E-state index in [1.807, 2.05) is 49.6 Å². The zero-order valence-electron chi connectivity index (χ0n) is 23.4. The number of hydrogen-bond donors (Lipinski definition) is 1. The number of hydrogen-bond acceptors (Lipinski definition) is 8. The Kier molecular flexibility index (Phi) is 8.49. The van der Waals surface area contributed by atoms with Crippen LogP contribution in [0.5, 0.6) is 17.2 Å². The predicted molar refractivity (Wildman–Crippen MR) is 147 cm³/mol. The minimum absolute atomic E-state index is 0.215. The monoisotopic (exact) mass is 539 g/mol. The first kappa shape index (κ1) is 28.0. The molecule has 1 N–H and O–H groups in total. The van der Waals surface area contributed by atoms with Gasteiger partial charge in [0, 0.05) is 57.9 Å². The van der Waals surface area contributed by atoms with Crippen LogP contribution in [0.1, 0.15) is 31.1 Å². The van der Waals surface area contributed by atoms with Crippen LogP contribution in [0.2, 0.25) is 0 Å². The molecule has 3 aromatic rings. The normalized spacial score (nSPS) is 14.3. The summed E-state index contributed by atoms with van der Waals surface area (Å²) >= 11 is 0. The van der Waals surface area contributed by atoms with E-state index in [0.29, 0.717) is 54.6 Å². The van der Waals surface area contributed by atoms with E-state index >= 15 is 0 Å². The van der Waals surface area contributed by atoms with Crippen LogP contribution in [0.25, 0.3) is 16.8 Å². The van der Waals surface area contributed by atoms with Crippen LogP contribution in [0.3, 0.4) is 0 Å². The minimum atomic E-state index is -0.512. The van der Waals surface area contributed by atoms with Gasteiger partial charge in [0.2, 0.25) is 5.75 Å². The number of piperazine rings is 1. The third-order valence-corrected chi connectivity index (χ3v) is 6.47. The highest BCUT2D eigenvalue weighted by Gasteiger charge is 2.26. The molecule has 0 spiro atoms. The highest BCUT2D eigenvalue weighted by Crippen LogP contribution is 2.41. The average molecular weight is 540 g/mol. The van der Waals surface area contributed by atoms with E-state index < -0.39 is 5.60 Å². The number of imidazole rings is 1. The zero-order chi connectivity index (χ0) is 28.2. The molecule has 1 aliphatic heterocycles. The Labute approximate surface area is 228 Å². The van der Waals surface area contributed by atoms with Crippen molar-refractivity contribution in [2.75, 3.05) is 60.6 Å². The largest absolute Gasteiger partial charge is 0.493 e. The van der Waals surface area contributed by atoms with Crippen molar-refractivity contribution in [1.82, 2.24) is 24.5 Å². The quantitative estimate of drug-likeness (QED) is 0.465. The second-order valence-electron chi connectivity index (χ2n) is 10.3. The SMILES string of the molecule is COc1cc(-c2cc(C(=O)NCCN3CCN(C(=O)OC(C)(C)C)CC3)c3nccn3c2)cc(OC)c1OC. The van der Waals surface area contributed by atoms with Gasteiger partial charge in [-0.3, -0.25) is 9.69 Å². The van der Waals surface area contributed by atoms with Crippen LogP contribution in [-0.4, -0.2) is 97.4 Å². The molecule has 1 fully saturated rings. The number of carbonyl (C=O) groups excluding carboxylic acids is 2. The Hall–Kier alpha value is -3.99. The number of nitrogens with one attached hydrogen (secondary N) is 1. The molecule has 2 aromatic heterocycles. The van der Waals surface area contributed by atoms with Gasteiger partial charge in [-0.15, -0.1) is 0 Å². The molecular formula is C28H37N5O6. The molecule has 1 aromatic carbocycles. The summed E-state index contributed by atoms with van der Waals surface area (Å²) in [5.41, 5.74) is 2.11. The number of aromatic nitrogens is 2. The Morgan fingerprint density at radius 2 is 1.62 bits per heavy atom. The van der Waals surface area contributed by atoms with E-state index in [0.717, 1.165) is 24.2 Å². The van der Waals surface area contributed by atoms with Gasteiger partial charge in [-0.25, -0.2) is 9.78 Å². The standard InChI is InChI=1S/C28H37N5O6/c1-28(2,3)39-27(35)32-13-11-31(12-14-32)9-7-30-26(34)21-15-20(18-33-10-8-29-25(21)33)19-16-22(36-4)24(38-6)23(17-19)37-5/h8,10,15-18H,7,9,11-14H2,1-6H3,(H,30,34). The molecule has 39 heavy (non-hydrogen) atoms. The lowest BCUT2D eigenvalue weighted by atomic mass is 10.0. The summed E-state index contributed by atoms with van der Waals surface area (Å²) in [7, 11) is 4.69. The molecule has 11 nitrogen and oxygen atoms in total. The van der Waals surface area contributed by atoms with Crippen molar-refractivity contribution in [3.8, 4) is 28.4 Å². The van der Waals surface area contributed by atoms with Gasteiger partial charge in [0.1, 0.15) is 11.2 Å². The average Bonchev–Trinajstić information content (AvgIpc) is 3.39. The fourth-order valence-corrected chi connectivity index (χ4v) is 4.51. The van der Waals surface area contributed by atoms with Crippen LogP contribution < -0.4 is 19.5 Å². The van der Waals surface area contributed by atoms with Gasteiger partial charge in [-0.05, 0) is 50.1 Å². The first-order chi connectivity index (χ1) is 18.6. The summed E-state index contributed by atoms with van der Waals surface area (Å²) in [6.45, 7) is 9.34. The van der Waals surface area contributed by atoms with Crippen molar-refractivity contribution in [2.45, 2.75) is 26.4 Å². The number of pyridine rings is 1. The predicted octanol–water partition coefficient (Wildman–Crippen LogP) is 3.31. The molecule has 0 radical (unpaired) electrons. The third kappa shape index (κ3) is 6.54. The Bertz CT molecular complexity index is 1300. The maximum atomic E-state index is 13.3. The van der Waals surface area contributed by atoms with Crippen molar-refractivity contribution in [3.05, 3.63) is 42.4 Å². The summed E-state index contributed by atoms with van der Waals surface area (Å²) in [4.78, 5) is 33.9. The Morgan fingerprint density at radius 3 is 2.21 bits per heavy atom. The number of benzene rings is 1. The van der Waals surface area contributed by atoms with E-state index in [1.54, 1.807) is 38.6 Å². The molecule has 210 valence electrons. The summed E-state index contributed by atoms with van der Waals surface area (Å²) in [5.74, 6) is 1.33. The third-order valence-electron chi connectivity index (χ3n) is 6.47. The molecule has 2 amide bonds. The van der Waals surface area contributed by atoms with Crippen LogP contribution in [0.4, 0.5) is 4.79 Å². The molecular weight excluding hydrogens is 502 g/mol. The van der Waals surface area contributed by atoms with Gasteiger partial charge in [0.05, 0.1) is 26.9 Å². The summed E-state index contributed by atoms with van der Waals surface area (Å²) < 4.78 is 23.7. The fraction of sp³-hybridized carbons (Fsp3) is 0.464. The van der Waals surface area contributed by atoms with Gasteiger partial charge in [0.25, 0.3) is 5.91 Å². The Balaban J connectivity index is 1.43. The van der Waals surface area contributed by atoms with E-state index in [2.05, 4.69) is 15.2 Å². The number of carbonyl (C=O) groups is 2. The molecule has 0 unspecified atom stereocenters. The lowest BCUT2D eigenvalue weighted by molar-refractivity contribution is 0.0147. The van der Waals surface area contributed by atoms with Crippen molar-refractivity contribution >= 4 is 17.6 Å². The van der Waals surface area contributed by atoms with Crippen LogP contribution in [0.15, 0.2) is 36.8 Å². The first-order valence-electron chi connectivity index (χ1n) is 12.9. The summed E-state index contributed by atoms with van der Waals surface area (Å²) in [5, 5.41) is 3.03. The molecule has 1 saturated heterocycles. The van der Waals surface area contributed by atoms with E-state index in [4.69, 9.17) is 18.9 Å². The van der Waals surface area contributed by atoms with E-state index in [1.165, 1.54) is 0 Å². The zero-order valence-corrected chi connectivity index (χ0v) is 23.4. The van der Waals surface area contributed by atoms with Crippen molar-refractivity contribution in [3.63, 3.8) is 0 Å². The molecule has 0 saturated carbocycles. The van der Waals surface area contributed by atoms with Crippen LogP contribution in [0, 0.1) is 0 Å². The molecule has 1 aliphatic rings. The van der Waals surface area contributed by atoms with Gasteiger partial charge < -0.3 is 33.6 Å². The smallest absolute Gasteiger partial charge is 0.410 e. The second-order valence-corrected chi connectivity index (χ2v) is 10.3. The van der Waals surface area contributed by atoms with Crippen molar-refractivity contribution < 1.29 is 28.5 Å². The molecule has 11 heteroatoms. The van der Waals surface area contributed by atoms with Crippen molar-refractivity contribution in [2.24, 2.45) is 0 Å². The highest BCUT2D eigenvalue weighted by molar-refractivity contribution is 6.01. The molecule has 0 atom stereocenters. The highest BCUT2D eigenvalue weighted by atomic mass is 16.6.